The highest BCUT2D eigenvalue weighted by molar-refractivity contribution is 7.92. The molecular formula is C27H31F3N2O7S. The summed E-state index contributed by atoms with van der Waals surface area (Å²) >= 11 is 0. The molecule has 3 aromatic rings. The van der Waals surface area contributed by atoms with Gasteiger partial charge in [-0.15, -0.1) is 13.2 Å². The average Bonchev–Trinajstić information content (AvgIpc) is 2.86. The van der Waals surface area contributed by atoms with Crippen molar-refractivity contribution in [2.24, 2.45) is 0 Å². The van der Waals surface area contributed by atoms with Crippen molar-refractivity contribution in [2.75, 3.05) is 31.7 Å². The first-order chi connectivity index (χ1) is 18.8. The molecule has 13 heteroatoms. The van der Waals surface area contributed by atoms with Crippen molar-refractivity contribution in [1.82, 2.24) is 5.32 Å². The molecule has 0 aliphatic heterocycles. The molecule has 40 heavy (non-hydrogen) atoms. The Morgan fingerprint density at radius 2 is 1.62 bits per heavy atom. The Labute approximate surface area is 230 Å². The van der Waals surface area contributed by atoms with Crippen LogP contribution in [-0.4, -0.2) is 58.1 Å². The maximum absolute atomic E-state index is 12.7. The van der Waals surface area contributed by atoms with Gasteiger partial charge in [0.15, 0.2) is 11.5 Å². The van der Waals surface area contributed by atoms with Gasteiger partial charge < -0.3 is 29.7 Å². The molecule has 4 N–H and O–H groups in total. The van der Waals surface area contributed by atoms with Gasteiger partial charge in [0.05, 0.1) is 32.3 Å². The molecule has 0 fully saturated rings. The molecule has 0 radical (unpaired) electrons. The largest absolute Gasteiger partial charge is 0.573 e. The SMILES string of the molecule is COc1ccc(C(Cc2cccc(OC(F)(F)F)c2)NCC(O)Cc2ccc(O)c(NS(C)(=O)=O)c2)cc1OC. The monoisotopic (exact) mass is 584 g/mol. The number of hydrogen-bond donors (Lipinski definition) is 4. The van der Waals surface area contributed by atoms with Crippen LogP contribution in [0, 0.1) is 0 Å². The molecule has 0 aliphatic carbocycles. The summed E-state index contributed by atoms with van der Waals surface area (Å²) in [5.41, 5.74) is 1.84. The summed E-state index contributed by atoms with van der Waals surface area (Å²) in [5.74, 6) is 0.349. The normalized spacial score (nSPS) is 13.4. The van der Waals surface area contributed by atoms with Crippen molar-refractivity contribution in [1.29, 1.82) is 0 Å². The lowest BCUT2D eigenvalue weighted by molar-refractivity contribution is -0.274. The number of ether oxygens (including phenoxy) is 3. The average molecular weight is 585 g/mol. The molecule has 2 atom stereocenters. The van der Waals surface area contributed by atoms with Gasteiger partial charge in [-0.05, 0) is 65.9 Å². The van der Waals surface area contributed by atoms with E-state index in [9.17, 15) is 31.8 Å². The Morgan fingerprint density at radius 3 is 2.27 bits per heavy atom. The van der Waals surface area contributed by atoms with E-state index in [0.717, 1.165) is 11.8 Å². The van der Waals surface area contributed by atoms with E-state index in [4.69, 9.17) is 9.47 Å². The van der Waals surface area contributed by atoms with E-state index in [1.807, 2.05) is 0 Å². The molecule has 2 unspecified atom stereocenters. The van der Waals surface area contributed by atoms with E-state index in [1.54, 1.807) is 30.3 Å². The molecule has 3 aromatic carbocycles. The minimum atomic E-state index is -4.82. The Kier molecular flexibility index (Phi) is 10.1. The van der Waals surface area contributed by atoms with Crippen molar-refractivity contribution in [3.63, 3.8) is 0 Å². The van der Waals surface area contributed by atoms with Crippen LogP contribution in [0.1, 0.15) is 22.7 Å². The summed E-state index contributed by atoms with van der Waals surface area (Å²) < 4.78 is 78.3. The minimum Gasteiger partial charge on any atom is -0.506 e. The van der Waals surface area contributed by atoms with Crippen LogP contribution in [0.4, 0.5) is 18.9 Å². The van der Waals surface area contributed by atoms with E-state index in [-0.39, 0.29) is 36.6 Å². The molecule has 9 nitrogen and oxygen atoms in total. The third kappa shape index (κ3) is 9.50. The molecule has 0 spiro atoms. The number of phenolic OH excluding ortho intramolecular Hbond substituents is 1. The number of aliphatic hydroxyl groups excluding tert-OH is 1. The Bertz CT molecular complexity index is 1400. The van der Waals surface area contributed by atoms with Crippen LogP contribution in [0.3, 0.4) is 0 Å². The van der Waals surface area contributed by atoms with Gasteiger partial charge in [0.1, 0.15) is 11.5 Å². The lowest BCUT2D eigenvalue weighted by atomic mass is 9.97. The summed E-state index contributed by atoms with van der Waals surface area (Å²) in [4.78, 5) is 0. The summed E-state index contributed by atoms with van der Waals surface area (Å²) in [6.45, 7) is 0.0769. The summed E-state index contributed by atoms with van der Waals surface area (Å²) in [7, 11) is -0.648. The first kappa shape index (κ1) is 30.9. The molecule has 3 rings (SSSR count). The predicted molar refractivity (Wildman–Crippen MR) is 143 cm³/mol. The molecule has 218 valence electrons. The number of hydrogen-bond acceptors (Lipinski definition) is 8. The molecule has 0 heterocycles. The number of aliphatic hydroxyl groups is 1. The maximum Gasteiger partial charge on any atom is 0.573 e. The van der Waals surface area contributed by atoms with E-state index in [2.05, 4.69) is 14.8 Å². The van der Waals surface area contributed by atoms with Crippen molar-refractivity contribution >= 4 is 15.7 Å². The van der Waals surface area contributed by atoms with Crippen LogP contribution in [0.5, 0.6) is 23.0 Å². The van der Waals surface area contributed by atoms with E-state index >= 15 is 0 Å². The topological polar surface area (TPSA) is 126 Å². The minimum absolute atomic E-state index is 0.00989. The lowest BCUT2D eigenvalue weighted by Gasteiger charge is -2.23. The molecule has 0 bridgehead atoms. The third-order valence-electron chi connectivity index (χ3n) is 5.81. The Hall–Kier alpha value is -3.68. The fraction of sp³-hybridized carbons (Fsp3) is 0.333. The van der Waals surface area contributed by atoms with Crippen LogP contribution < -0.4 is 24.2 Å². The summed E-state index contributed by atoms with van der Waals surface area (Å²) in [6.07, 6.45) is -4.43. The van der Waals surface area contributed by atoms with E-state index in [1.165, 1.54) is 44.6 Å². The molecule has 0 aliphatic rings. The van der Waals surface area contributed by atoms with Gasteiger partial charge in [-0.2, -0.15) is 0 Å². The van der Waals surface area contributed by atoms with Gasteiger partial charge in [-0.1, -0.05) is 24.3 Å². The fourth-order valence-electron chi connectivity index (χ4n) is 4.10. The second-order valence-electron chi connectivity index (χ2n) is 9.06. The van der Waals surface area contributed by atoms with Gasteiger partial charge in [-0.3, -0.25) is 4.72 Å². The van der Waals surface area contributed by atoms with Crippen molar-refractivity contribution < 1.29 is 46.0 Å². The molecular weight excluding hydrogens is 553 g/mol. The molecule has 0 saturated carbocycles. The van der Waals surface area contributed by atoms with Crippen molar-refractivity contribution in [3.8, 4) is 23.0 Å². The fourth-order valence-corrected chi connectivity index (χ4v) is 4.66. The van der Waals surface area contributed by atoms with Crippen LogP contribution in [0.2, 0.25) is 0 Å². The number of rotatable bonds is 13. The molecule has 0 saturated heterocycles. The zero-order chi connectivity index (χ0) is 29.5. The third-order valence-corrected chi connectivity index (χ3v) is 6.40. The quantitative estimate of drug-likeness (QED) is 0.221. The smallest absolute Gasteiger partial charge is 0.506 e. The highest BCUT2D eigenvalue weighted by atomic mass is 32.2. The zero-order valence-electron chi connectivity index (χ0n) is 22.0. The van der Waals surface area contributed by atoms with E-state index in [0.29, 0.717) is 22.6 Å². The summed E-state index contributed by atoms with van der Waals surface area (Å²) in [5, 5.41) is 24.0. The van der Waals surface area contributed by atoms with Crippen molar-refractivity contribution in [2.45, 2.75) is 31.3 Å². The number of nitrogens with one attached hydrogen (secondary N) is 2. The lowest BCUT2D eigenvalue weighted by Crippen LogP contribution is -2.32. The van der Waals surface area contributed by atoms with Crippen LogP contribution in [0.15, 0.2) is 60.7 Å². The predicted octanol–water partition coefficient (Wildman–Crippen LogP) is 4.16. The number of aromatic hydroxyl groups is 1. The zero-order valence-corrected chi connectivity index (χ0v) is 22.8. The molecule has 0 aromatic heterocycles. The molecule has 0 amide bonds. The number of halogens is 3. The number of phenols is 1. The van der Waals surface area contributed by atoms with Crippen molar-refractivity contribution in [3.05, 3.63) is 77.4 Å². The first-order valence-corrected chi connectivity index (χ1v) is 13.9. The number of benzene rings is 3. The van der Waals surface area contributed by atoms with Gasteiger partial charge in [0.25, 0.3) is 0 Å². The highest BCUT2D eigenvalue weighted by Crippen LogP contribution is 2.32. The van der Waals surface area contributed by atoms with Crippen LogP contribution >= 0.6 is 0 Å². The first-order valence-electron chi connectivity index (χ1n) is 12.0. The van der Waals surface area contributed by atoms with Crippen LogP contribution in [-0.2, 0) is 22.9 Å². The van der Waals surface area contributed by atoms with Crippen LogP contribution in [0.25, 0.3) is 0 Å². The van der Waals surface area contributed by atoms with Gasteiger partial charge in [0.2, 0.25) is 10.0 Å². The Balaban J connectivity index is 1.80. The van der Waals surface area contributed by atoms with Gasteiger partial charge in [-0.25, -0.2) is 8.42 Å². The maximum atomic E-state index is 12.7. The Morgan fingerprint density at radius 1 is 0.925 bits per heavy atom. The standard InChI is InChI=1S/C27H31F3N2O7S/c1-37-25-10-8-19(15-26(25)38-2)22(13-17-5-4-6-21(12-17)39-27(28,29)30)31-16-20(33)11-18-7-9-24(34)23(14-18)32-40(3,35)36/h4-10,12,14-15,20,22,31-34H,11,13,16H2,1-3H3. The number of sulfonamides is 1. The second-order valence-corrected chi connectivity index (χ2v) is 10.8. The summed E-state index contributed by atoms with van der Waals surface area (Å²) in [6, 6.07) is 14.7. The van der Waals surface area contributed by atoms with Gasteiger partial charge in [0, 0.05) is 12.6 Å². The number of methoxy groups -OCH3 is 2. The second kappa shape index (κ2) is 13.1. The van der Waals surface area contributed by atoms with E-state index < -0.39 is 28.5 Å². The number of anilines is 1. The highest BCUT2D eigenvalue weighted by Gasteiger charge is 2.31. The number of alkyl halides is 3. The van der Waals surface area contributed by atoms with Gasteiger partial charge >= 0.3 is 6.36 Å².